The minimum atomic E-state index is -0.144. The van der Waals surface area contributed by atoms with Crippen molar-refractivity contribution >= 4 is 17.6 Å². The third-order valence-electron chi connectivity index (χ3n) is 5.32. The lowest BCUT2D eigenvalue weighted by molar-refractivity contribution is -0.128. The summed E-state index contributed by atoms with van der Waals surface area (Å²) in [6.07, 6.45) is 1.99. The van der Waals surface area contributed by atoms with Crippen LogP contribution < -0.4 is 4.90 Å². The number of ether oxygens (including phenoxy) is 1. The summed E-state index contributed by atoms with van der Waals surface area (Å²) in [6.45, 7) is 3.83. The zero-order chi connectivity index (χ0) is 22.5. The monoisotopic (exact) mass is 426 g/mol. The maximum Gasteiger partial charge on any atom is 0.255 e. The zero-order valence-corrected chi connectivity index (χ0v) is 18.8. The van der Waals surface area contributed by atoms with Crippen molar-refractivity contribution in [3.63, 3.8) is 0 Å². The first kappa shape index (κ1) is 22.6. The fourth-order valence-corrected chi connectivity index (χ4v) is 3.50. The first-order valence-electron chi connectivity index (χ1n) is 10.3. The number of carbonyl (C=O) groups is 2. The Bertz CT molecular complexity index is 931. The number of likely N-dealkylation sites (tertiary alicyclic amines) is 1. The molecule has 0 radical (unpaired) electrons. The number of aryl methyl sites for hydroxylation is 1. The number of amides is 2. The van der Waals surface area contributed by atoms with Gasteiger partial charge in [0.2, 0.25) is 5.91 Å². The van der Waals surface area contributed by atoms with E-state index in [9.17, 15) is 9.59 Å². The highest BCUT2D eigenvalue weighted by atomic mass is 16.5. The van der Waals surface area contributed by atoms with Crippen LogP contribution in [0.3, 0.4) is 0 Å². The van der Waals surface area contributed by atoms with E-state index in [1.165, 1.54) is 0 Å². The third kappa shape index (κ3) is 5.55. The molecule has 0 N–H and O–H groups in total. The Labute approximate surface area is 183 Å². The van der Waals surface area contributed by atoms with Gasteiger partial charge in [0.05, 0.1) is 24.4 Å². The van der Waals surface area contributed by atoms with E-state index in [1.807, 2.05) is 43.0 Å². The van der Waals surface area contributed by atoms with Crippen molar-refractivity contribution in [2.24, 2.45) is 0 Å². The topological polar surface area (TPSA) is 91.8 Å². The van der Waals surface area contributed by atoms with Gasteiger partial charge in [-0.15, -0.1) is 0 Å². The van der Waals surface area contributed by atoms with Gasteiger partial charge in [-0.2, -0.15) is 0 Å². The van der Waals surface area contributed by atoms with Crippen molar-refractivity contribution < 1.29 is 14.3 Å². The van der Waals surface area contributed by atoms with Gasteiger partial charge in [-0.1, -0.05) is 0 Å². The van der Waals surface area contributed by atoms with Crippen LogP contribution in [0.4, 0.5) is 5.82 Å². The number of nitrogens with zero attached hydrogens (tertiary/aromatic N) is 6. The first-order valence-corrected chi connectivity index (χ1v) is 10.3. The Morgan fingerprint density at radius 1 is 1.26 bits per heavy atom. The minimum absolute atomic E-state index is 0.00730. The lowest BCUT2D eigenvalue weighted by atomic mass is 10.0. The molecular formula is C22H30N6O3. The molecular weight excluding hydrogens is 396 g/mol. The van der Waals surface area contributed by atoms with Gasteiger partial charge in [0.25, 0.3) is 5.91 Å². The van der Waals surface area contributed by atoms with Gasteiger partial charge in [-0.3, -0.25) is 14.6 Å². The Balaban J connectivity index is 1.79. The summed E-state index contributed by atoms with van der Waals surface area (Å²) < 4.78 is 5.10. The molecule has 2 amide bonds. The molecule has 0 aliphatic carbocycles. The van der Waals surface area contributed by atoms with Crippen molar-refractivity contribution in [1.29, 1.82) is 0 Å². The first-order chi connectivity index (χ1) is 14.8. The average Bonchev–Trinajstić information content (AvgIpc) is 3.12. The average molecular weight is 427 g/mol. The summed E-state index contributed by atoms with van der Waals surface area (Å²) in [7, 11) is 7.17. The number of methoxy groups -OCH3 is 1. The van der Waals surface area contributed by atoms with E-state index in [0.29, 0.717) is 37.5 Å². The molecule has 0 aromatic carbocycles. The molecule has 0 spiro atoms. The summed E-state index contributed by atoms with van der Waals surface area (Å²) in [5.74, 6) is 1.25. The van der Waals surface area contributed by atoms with E-state index in [0.717, 1.165) is 17.2 Å². The molecule has 31 heavy (non-hydrogen) atoms. The molecule has 3 rings (SSSR count). The van der Waals surface area contributed by atoms with Gasteiger partial charge in [0.1, 0.15) is 11.6 Å². The van der Waals surface area contributed by atoms with E-state index in [2.05, 4.69) is 9.97 Å². The molecule has 1 atom stereocenters. The number of carbonyl (C=O) groups excluding carboxylic acids is 2. The van der Waals surface area contributed by atoms with Crippen LogP contribution in [0, 0.1) is 6.92 Å². The number of pyridine rings is 1. The van der Waals surface area contributed by atoms with Crippen molar-refractivity contribution in [3.05, 3.63) is 47.2 Å². The van der Waals surface area contributed by atoms with Crippen LogP contribution >= 0.6 is 0 Å². The maximum absolute atomic E-state index is 12.8. The maximum atomic E-state index is 12.8. The third-order valence-corrected chi connectivity index (χ3v) is 5.32. The lowest BCUT2D eigenvalue weighted by Gasteiger charge is -2.20. The van der Waals surface area contributed by atoms with Gasteiger partial charge >= 0.3 is 0 Å². The molecule has 2 aromatic rings. The highest BCUT2D eigenvalue weighted by Gasteiger charge is 2.32. The Morgan fingerprint density at radius 3 is 2.68 bits per heavy atom. The smallest absolute Gasteiger partial charge is 0.255 e. The van der Waals surface area contributed by atoms with Crippen molar-refractivity contribution in [3.8, 4) is 0 Å². The SMILES string of the molecule is COCCN1C[C@@H](c2cc(N(C)C)nc(CN(C)C(=O)c3ccc(C)nc3)n2)CC1=O. The van der Waals surface area contributed by atoms with Gasteiger partial charge in [0, 0.05) is 71.6 Å². The number of hydrogen-bond donors (Lipinski definition) is 0. The molecule has 0 saturated carbocycles. The molecule has 1 aliphatic rings. The molecule has 9 nitrogen and oxygen atoms in total. The highest BCUT2D eigenvalue weighted by Crippen LogP contribution is 2.28. The normalized spacial score (nSPS) is 16.0. The van der Waals surface area contributed by atoms with Gasteiger partial charge < -0.3 is 19.4 Å². The second-order valence-electron chi connectivity index (χ2n) is 8.04. The molecule has 3 heterocycles. The fraction of sp³-hybridized carbons (Fsp3) is 0.500. The van der Waals surface area contributed by atoms with Crippen LogP contribution in [-0.4, -0.2) is 84.5 Å². The fourth-order valence-electron chi connectivity index (χ4n) is 3.50. The minimum Gasteiger partial charge on any atom is -0.383 e. The number of hydrogen-bond acceptors (Lipinski definition) is 7. The van der Waals surface area contributed by atoms with E-state index < -0.39 is 0 Å². The molecule has 9 heteroatoms. The van der Waals surface area contributed by atoms with Crippen LogP contribution in [0.1, 0.15) is 39.9 Å². The Morgan fingerprint density at radius 2 is 2.03 bits per heavy atom. The summed E-state index contributed by atoms with van der Waals surface area (Å²) >= 11 is 0. The van der Waals surface area contributed by atoms with Gasteiger partial charge in [-0.25, -0.2) is 9.97 Å². The predicted molar refractivity (Wildman–Crippen MR) is 117 cm³/mol. The summed E-state index contributed by atoms with van der Waals surface area (Å²) in [5.41, 5.74) is 2.20. The molecule has 0 bridgehead atoms. The van der Waals surface area contributed by atoms with Crippen LogP contribution in [0.15, 0.2) is 24.4 Å². The highest BCUT2D eigenvalue weighted by molar-refractivity contribution is 5.93. The van der Waals surface area contributed by atoms with Crippen LogP contribution in [0.5, 0.6) is 0 Å². The Kier molecular flexibility index (Phi) is 7.17. The summed E-state index contributed by atoms with van der Waals surface area (Å²) in [4.78, 5) is 44.0. The predicted octanol–water partition coefficient (Wildman–Crippen LogP) is 1.48. The van der Waals surface area contributed by atoms with E-state index >= 15 is 0 Å². The Hall–Kier alpha value is -3.07. The standard InChI is InChI=1S/C22H30N6O3/c1-15-6-7-16(12-23-15)22(30)27(4)14-19-24-18(11-20(25-19)26(2)3)17-10-21(29)28(13-17)8-9-31-5/h6-7,11-12,17H,8-10,13-14H2,1-5H3/t17-/m0/s1. The van der Waals surface area contributed by atoms with E-state index in [4.69, 9.17) is 9.72 Å². The molecule has 0 unspecified atom stereocenters. The lowest BCUT2D eigenvalue weighted by Crippen LogP contribution is -2.29. The summed E-state index contributed by atoms with van der Waals surface area (Å²) in [5, 5.41) is 0. The molecule has 1 fully saturated rings. The zero-order valence-electron chi connectivity index (χ0n) is 18.8. The van der Waals surface area contributed by atoms with Gasteiger partial charge in [-0.05, 0) is 19.1 Å². The number of anilines is 1. The molecule has 166 valence electrons. The van der Waals surface area contributed by atoms with Crippen molar-refractivity contribution in [1.82, 2.24) is 24.8 Å². The molecule has 1 aliphatic heterocycles. The van der Waals surface area contributed by atoms with E-state index in [1.54, 1.807) is 31.3 Å². The second-order valence-corrected chi connectivity index (χ2v) is 8.04. The molecule has 1 saturated heterocycles. The van der Waals surface area contributed by atoms with Crippen LogP contribution in [0.25, 0.3) is 0 Å². The van der Waals surface area contributed by atoms with E-state index in [-0.39, 0.29) is 24.3 Å². The van der Waals surface area contributed by atoms with Crippen molar-refractivity contribution in [2.45, 2.75) is 25.8 Å². The summed E-state index contributed by atoms with van der Waals surface area (Å²) in [6, 6.07) is 5.50. The van der Waals surface area contributed by atoms with Crippen LogP contribution in [-0.2, 0) is 16.1 Å². The number of aromatic nitrogens is 3. The van der Waals surface area contributed by atoms with Gasteiger partial charge in [0.15, 0.2) is 0 Å². The number of rotatable bonds is 8. The molecule has 2 aromatic heterocycles. The second kappa shape index (κ2) is 9.82. The quantitative estimate of drug-likeness (QED) is 0.631. The van der Waals surface area contributed by atoms with Crippen molar-refractivity contribution in [2.75, 3.05) is 52.8 Å². The van der Waals surface area contributed by atoms with Crippen LogP contribution in [0.2, 0.25) is 0 Å². The largest absolute Gasteiger partial charge is 0.383 e.